The molecular weight excluding hydrogens is 358 g/mol. The zero-order chi connectivity index (χ0) is 14.6. The number of nitrogens with one attached hydrogen (secondary N) is 1. The van der Waals surface area contributed by atoms with Gasteiger partial charge in [0.15, 0.2) is 0 Å². The number of aromatic carboxylic acids is 1. The lowest BCUT2D eigenvalue weighted by molar-refractivity contribution is 0.0702. The van der Waals surface area contributed by atoms with Crippen LogP contribution in [-0.4, -0.2) is 37.2 Å². The van der Waals surface area contributed by atoms with Gasteiger partial charge in [0, 0.05) is 12.6 Å². The molecule has 1 heterocycles. The Hall–Kier alpha value is -0.480. The average Bonchev–Trinajstić information content (AvgIpc) is 2.71. The zero-order valence-corrected chi connectivity index (χ0v) is 13.3. The maximum atomic E-state index is 12.1. The molecule has 0 fully saturated rings. The van der Waals surface area contributed by atoms with Crippen molar-refractivity contribution in [1.29, 1.82) is 0 Å². The van der Waals surface area contributed by atoms with Gasteiger partial charge in [0.1, 0.15) is 9.77 Å². The minimum atomic E-state index is -3.80. The molecule has 3 N–H and O–H groups in total. The summed E-state index contributed by atoms with van der Waals surface area (Å²) in [4.78, 5) is 10.7. The van der Waals surface area contributed by atoms with Crippen LogP contribution in [0.3, 0.4) is 0 Å². The lowest BCUT2D eigenvalue weighted by Gasteiger charge is -2.15. The molecule has 1 unspecified atom stereocenters. The van der Waals surface area contributed by atoms with Crippen LogP contribution in [0.5, 0.6) is 0 Å². The highest BCUT2D eigenvalue weighted by molar-refractivity contribution is 9.11. The highest BCUT2D eigenvalue weighted by Crippen LogP contribution is 2.31. The summed E-state index contributed by atoms with van der Waals surface area (Å²) >= 11 is 3.90. The molecule has 0 aliphatic carbocycles. The topological polar surface area (TPSA) is 104 Å². The largest absolute Gasteiger partial charge is 0.477 e. The first-order valence-corrected chi connectivity index (χ1v) is 8.57. The molecule has 0 aromatic carbocycles. The van der Waals surface area contributed by atoms with Crippen LogP contribution in [0.4, 0.5) is 0 Å². The van der Waals surface area contributed by atoms with Gasteiger partial charge in [0.05, 0.1) is 3.79 Å². The number of hydrogen-bond acceptors (Lipinski definition) is 5. The molecule has 1 aromatic rings. The van der Waals surface area contributed by atoms with Crippen LogP contribution in [0.1, 0.15) is 29.4 Å². The van der Waals surface area contributed by atoms with Gasteiger partial charge in [0.2, 0.25) is 10.0 Å². The molecule has 0 bridgehead atoms. The minimum Gasteiger partial charge on any atom is -0.477 e. The van der Waals surface area contributed by atoms with E-state index in [1.165, 1.54) is 0 Å². The SMILES string of the molecule is CCC(CCO)NS(=O)(=O)c1cc(C(=O)O)sc1Br. The van der Waals surface area contributed by atoms with Crippen LogP contribution in [0, 0.1) is 0 Å². The molecule has 0 spiro atoms. The van der Waals surface area contributed by atoms with Gasteiger partial charge in [-0.1, -0.05) is 6.92 Å². The van der Waals surface area contributed by atoms with Crippen LogP contribution in [0.25, 0.3) is 0 Å². The Morgan fingerprint density at radius 2 is 2.21 bits per heavy atom. The van der Waals surface area contributed by atoms with E-state index in [-0.39, 0.29) is 26.2 Å². The van der Waals surface area contributed by atoms with Gasteiger partial charge in [-0.25, -0.2) is 17.9 Å². The molecule has 108 valence electrons. The van der Waals surface area contributed by atoms with Crippen LogP contribution in [0.2, 0.25) is 0 Å². The first kappa shape index (κ1) is 16.6. The third kappa shape index (κ3) is 4.25. The van der Waals surface area contributed by atoms with E-state index in [2.05, 4.69) is 20.7 Å². The van der Waals surface area contributed by atoms with Crippen molar-refractivity contribution in [3.63, 3.8) is 0 Å². The number of thiophene rings is 1. The molecule has 19 heavy (non-hydrogen) atoms. The van der Waals surface area contributed by atoms with E-state index in [0.29, 0.717) is 12.8 Å². The van der Waals surface area contributed by atoms with E-state index in [4.69, 9.17) is 10.2 Å². The number of sulfonamides is 1. The minimum absolute atomic E-state index is 0.0533. The van der Waals surface area contributed by atoms with Crippen molar-refractivity contribution in [2.45, 2.75) is 30.7 Å². The summed E-state index contributed by atoms with van der Waals surface area (Å²) in [5.74, 6) is -1.17. The normalized spacial score (nSPS) is 13.4. The molecule has 0 amide bonds. The molecule has 9 heteroatoms. The Kier molecular flexibility index (Phi) is 5.93. The third-order valence-corrected chi connectivity index (χ3v) is 6.21. The molecule has 1 atom stereocenters. The van der Waals surface area contributed by atoms with Gasteiger partial charge < -0.3 is 10.2 Å². The third-order valence-electron chi connectivity index (χ3n) is 2.45. The van der Waals surface area contributed by atoms with Crippen molar-refractivity contribution in [1.82, 2.24) is 4.72 Å². The van der Waals surface area contributed by atoms with Gasteiger partial charge in [-0.2, -0.15) is 0 Å². The number of aliphatic hydroxyl groups excluding tert-OH is 1. The lowest BCUT2D eigenvalue weighted by atomic mass is 10.2. The zero-order valence-electron chi connectivity index (χ0n) is 10.1. The fraction of sp³-hybridized carbons (Fsp3) is 0.500. The van der Waals surface area contributed by atoms with Crippen molar-refractivity contribution in [2.75, 3.05) is 6.61 Å². The van der Waals surface area contributed by atoms with E-state index in [0.717, 1.165) is 17.4 Å². The quantitative estimate of drug-likeness (QED) is 0.675. The van der Waals surface area contributed by atoms with E-state index in [9.17, 15) is 13.2 Å². The Labute approximate surface area is 123 Å². The van der Waals surface area contributed by atoms with E-state index < -0.39 is 16.0 Å². The summed E-state index contributed by atoms with van der Waals surface area (Å²) in [6.07, 6.45) is 0.844. The Morgan fingerprint density at radius 3 is 2.63 bits per heavy atom. The molecule has 0 aliphatic heterocycles. The Morgan fingerprint density at radius 1 is 1.58 bits per heavy atom. The summed E-state index contributed by atoms with van der Waals surface area (Å²) < 4.78 is 26.9. The van der Waals surface area contributed by atoms with Crippen molar-refractivity contribution in [3.8, 4) is 0 Å². The number of carbonyl (C=O) groups is 1. The second kappa shape index (κ2) is 6.80. The van der Waals surface area contributed by atoms with Gasteiger partial charge in [-0.05, 0) is 34.8 Å². The smallest absolute Gasteiger partial charge is 0.345 e. The molecule has 1 rings (SSSR count). The van der Waals surface area contributed by atoms with Gasteiger partial charge in [0.25, 0.3) is 0 Å². The van der Waals surface area contributed by atoms with Crippen molar-refractivity contribution >= 4 is 43.3 Å². The number of rotatable bonds is 7. The first-order chi connectivity index (χ1) is 8.81. The van der Waals surface area contributed by atoms with Crippen LogP contribution < -0.4 is 4.72 Å². The second-order valence-electron chi connectivity index (χ2n) is 3.79. The summed E-state index contributed by atoms with van der Waals surface area (Å²) in [6.45, 7) is 1.68. The molecule has 0 saturated carbocycles. The number of carboxylic acid groups (broad SMARTS) is 1. The standard InChI is InChI=1S/C10H14BrNO5S2/c1-2-6(3-4-13)12-19(16,17)8-5-7(10(14)15)18-9(8)11/h5-6,12-13H,2-4H2,1H3,(H,14,15). The van der Waals surface area contributed by atoms with Crippen LogP contribution in [0.15, 0.2) is 14.7 Å². The molecule has 0 saturated heterocycles. The summed E-state index contributed by atoms with van der Waals surface area (Å²) in [7, 11) is -3.80. The molecule has 0 radical (unpaired) electrons. The number of hydrogen-bond donors (Lipinski definition) is 3. The maximum absolute atomic E-state index is 12.1. The molecule has 1 aromatic heterocycles. The van der Waals surface area contributed by atoms with E-state index in [1.807, 2.05) is 0 Å². The van der Waals surface area contributed by atoms with Gasteiger partial charge in [-0.15, -0.1) is 11.3 Å². The van der Waals surface area contributed by atoms with Crippen molar-refractivity contribution in [3.05, 3.63) is 14.7 Å². The second-order valence-corrected chi connectivity index (χ2v) is 7.85. The fourth-order valence-corrected chi connectivity index (χ4v) is 5.18. The van der Waals surface area contributed by atoms with Crippen molar-refractivity contribution in [2.24, 2.45) is 0 Å². The molecule has 0 aliphatic rings. The number of carboxylic acids is 1. The van der Waals surface area contributed by atoms with E-state index in [1.54, 1.807) is 6.92 Å². The van der Waals surface area contributed by atoms with E-state index >= 15 is 0 Å². The summed E-state index contributed by atoms with van der Waals surface area (Å²) in [5.41, 5.74) is 0. The van der Waals surface area contributed by atoms with Crippen molar-refractivity contribution < 1.29 is 23.4 Å². The average molecular weight is 372 g/mol. The fourth-order valence-electron chi connectivity index (χ4n) is 1.43. The first-order valence-electron chi connectivity index (χ1n) is 5.47. The summed E-state index contributed by atoms with van der Waals surface area (Å²) in [6, 6.07) is 0.737. The number of aliphatic hydroxyl groups is 1. The number of halogens is 1. The van der Waals surface area contributed by atoms with Gasteiger partial charge >= 0.3 is 5.97 Å². The summed E-state index contributed by atoms with van der Waals surface area (Å²) in [5, 5.41) is 17.7. The van der Waals surface area contributed by atoms with Gasteiger partial charge in [-0.3, -0.25) is 0 Å². The predicted octanol–water partition coefficient (Wildman–Crippen LogP) is 1.65. The maximum Gasteiger partial charge on any atom is 0.345 e. The monoisotopic (exact) mass is 371 g/mol. The molecule has 6 nitrogen and oxygen atoms in total. The lowest BCUT2D eigenvalue weighted by Crippen LogP contribution is -2.35. The van der Waals surface area contributed by atoms with Crippen LogP contribution >= 0.6 is 27.3 Å². The predicted molar refractivity (Wildman–Crippen MR) is 75.1 cm³/mol. The van der Waals surface area contributed by atoms with Crippen LogP contribution in [-0.2, 0) is 10.0 Å². The Balaban J connectivity index is 3.03. The molecular formula is C10H14BrNO5S2. The highest BCUT2D eigenvalue weighted by Gasteiger charge is 2.25. The Bertz CT molecular complexity index is 554. The highest BCUT2D eigenvalue weighted by atomic mass is 79.9.